The molecule has 4 aromatic rings. The Morgan fingerprint density at radius 1 is 1.06 bits per heavy atom. The van der Waals surface area contributed by atoms with Crippen molar-refractivity contribution in [3.05, 3.63) is 77.6 Å². The highest BCUT2D eigenvalue weighted by Crippen LogP contribution is 2.34. The summed E-state index contributed by atoms with van der Waals surface area (Å²) in [6.45, 7) is 1.84. The number of rotatable bonds is 8. The molecule has 0 spiro atoms. The molecule has 0 bridgehead atoms. The van der Waals surface area contributed by atoms with E-state index in [1.54, 1.807) is 60.3 Å². The van der Waals surface area contributed by atoms with Crippen LogP contribution in [0.3, 0.4) is 0 Å². The molecule has 35 heavy (non-hydrogen) atoms. The molecular formula is C24H22ClN7O3. The number of carbonyl (C=O) groups is 2. The standard InChI is InChI=1S/C24H22ClN7O3/c1-15-13-21(32(31-15)18-7-3-16(25)4-8-18)30-24(34)29-17-5-9-19(10-6-17)35-20-11-12-27-23(28-14-33)22(20)26-2/h3-14,26H,1-2H3,(H,27,28,33)(H2,29,30,34). The number of amides is 3. The third kappa shape index (κ3) is 5.68. The van der Waals surface area contributed by atoms with Crippen molar-refractivity contribution in [1.29, 1.82) is 0 Å². The Labute approximate surface area is 206 Å². The molecule has 4 rings (SSSR count). The fraction of sp³-hybridized carbons (Fsp3) is 0.0833. The number of hydrogen-bond acceptors (Lipinski definition) is 6. The summed E-state index contributed by atoms with van der Waals surface area (Å²) in [5.41, 5.74) is 2.62. The summed E-state index contributed by atoms with van der Waals surface area (Å²) in [6.07, 6.45) is 2.07. The van der Waals surface area contributed by atoms with Crippen molar-refractivity contribution in [2.45, 2.75) is 6.92 Å². The number of nitrogens with zero attached hydrogens (tertiary/aromatic N) is 3. The first kappa shape index (κ1) is 23.6. The molecule has 178 valence electrons. The van der Waals surface area contributed by atoms with E-state index in [1.807, 2.05) is 19.1 Å². The van der Waals surface area contributed by atoms with Crippen molar-refractivity contribution in [2.24, 2.45) is 0 Å². The zero-order chi connectivity index (χ0) is 24.8. The van der Waals surface area contributed by atoms with Gasteiger partial charge in [-0.2, -0.15) is 5.10 Å². The second kappa shape index (κ2) is 10.6. The van der Waals surface area contributed by atoms with Gasteiger partial charge in [0, 0.05) is 36.1 Å². The van der Waals surface area contributed by atoms with Gasteiger partial charge in [-0.15, -0.1) is 0 Å². The second-order valence-corrected chi connectivity index (χ2v) is 7.75. The van der Waals surface area contributed by atoms with Crippen LogP contribution in [0.1, 0.15) is 5.69 Å². The lowest BCUT2D eigenvalue weighted by atomic mass is 10.3. The van der Waals surface area contributed by atoms with E-state index in [9.17, 15) is 9.59 Å². The number of nitrogens with one attached hydrogen (secondary N) is 4. The Hall–Kier alpha value is -4.57. The summed E-state index contributed by atoms with van der Waals surface area (Å²) < 4.78 is 7.54. The lowest BCUT2D eigenvalue weighted by molar-refractivity contribution is -0.105. The molecule has 0 aliphatic carbocycles. The van der Waals surface area contributed by atoms with Crippen molar-refractivity contribution < 1.29 is 14.3 Å². The first-order chi connectivity index (χ1) is 17.0. The summed E-state index contributed by atoms with van der Waals surface area (Å²) in [5, 5.41) is 16.1. The summed E-state index contributed by atoms with van der Waals surface area (Å²) in [6, 6.07) is 17.0. The minimum Gasteiger partial charge on any atom is -0.455 e. The van der Waals surface area contributed by atoms with Crippen LogP contribution in [-0.2, 0) is 4.79 Å². The maximum absolute atomic E-state index is 12.6. The minimum absolute atomic E-state index is 0.350. The fourth-order valence-electron chi connectivity index (χ4n) is 3.32. The number of benzene rings is 2. The van der Waals surface area contributed by atoms with Crippen LogP contribution in [0.4, 0.5) is 27.8 Å². The van der Waals surface area contributed by atoms with Crippen molar-refractivity contribution in [1.82, 2.24) is 14.8 Å². The molecule has 0 saturated carbocycles. The Morgan fingerprint density at radius 3 is 2.49 bits per heavy atom. The van der Waals surface area contributed by atoms with Gasteiger partial charge in [-0.25, -0.2) is 14.5 Å². The molecule has 3 amide bonds. The van der Waals surface area contributed by atoms with E-state index in [1.165, 1.54) is 6.20 Å². The molecule has 2 aromatic carbocycles. The van der Waals surface area contributed by atoms with Gasteiger partial charge in [0.25, 0.3) is 0 Å². The number of anilines is 4. The van der Waals surface area contributed by atoms with E-state index < -0.39 is 6.03 Å². The van der Waals surface area contributed by atoms with Gasteiger partial charge in [0.05, 0.1) is 11.4 Å². The Kier molecular flexibility index (Phi) is 7.12. The zero-order valence-electron chi connectivity index (χ0n) is 18.9. The number of carbonyl (C=O) groups excluding carboxylic acids is 2. The largest absolute Gasteiger partial charge is 0.455 e. The molecular weight excluding hydrogens is 470 g/mol. The average Bonchev–Trinajstić information content (AvgIpc) is 3.21. The Morgan fingerprint density at radius 2 is 1.80 bits per heavy atom. The predicted molar refractivity (Wildman–Crippen MR) is 136 cm³/mol. The van der Waals surface area contributed by atoms with Crippen molar-refractivity contribution in [2.75, 3.05) is 28.3 Å². The van der Waals surface area contributed by atoms with E-state index in [0.29, 0.717) is 45.9 Å². The van der Waals surface area contributed by atoms with Crippen LogP contribution in [0.5, 0.6) is 11.5 Å². The number of urea groups is 1. The van der Waals surface area contributed by atoms with E-state index >= 15 is 0 Å². The van der Waals surface area contributed by atoms with Crippen LogP contribution >= 0.6 is 11.6 Å². The monoisotopic (exact) mass is 491 g/mol. The number of hydrogen-bond donors (Lipinski definition) is 4. The van der Waals surface area contributed by atoms with Gasteiger partial charge >= 0.3 is 6.03 Å². The third-order valence-electron chi connectivity index (χ3n) is 4.84. The third-order valence-corrected chi connectivity index (χ3v) is 5.09. The molecule has 0 radical (unpaired) electrons. The van der Waals surface area contributed by atoms with Crippen molar-refractivity contribution >= 4 is 47.1 Å². The maximum Gasteiger partial charge on any atom is 0.324 e. The fourth-order valence-corrected chi connectivity index (χ4v) is 3.44. The second-order valence-electron chi connectivity index (χ2n) is 7.31. The van der Waals surface area contributed by atoms with Gasteiger partial charge in [0.15, 0.2) is 11.6 Å². The van der Waals surface area contributed by atoms with Gasteiger partial charge < -0.3 is 20.7 Å². The molecule has 0 aliphatic rings. The number of aryl methyl sites for hydroxylation is 1. The number of ether oxygens (including phenoxy) is 1. The van der Waals surface area contributed by atoms with Gasteiger partial charge in [-0.1, -0.05) is 11.6 Å². The number of halogens is 1. The molecule has 4 N–H and O–H groups in total. The van der Waals surface area contributed by atoms with Crippen LogP contribution in [0, 0.1) is 6.92 Å². The molecule has 10 nitrogen and oxygen atoms in total. The molecule has 2 aromatic heterocycles. The lowest BCUT2D eigenvalue weighted by Crippen LogP contribution is -2.21. The summed E-state index contributed by atoms with van der Waals surface area (Å²) in [7, 11) is 1.70. The lowest BCUT2D eigenvalue weighted by Gasteiger charge is -2.14. The smallest absolute Gasteiger partial charge is 0.324 e. The molecule has 0 saturated heterocycles. The zero-order valence-corrected chi connectivity index (χ0v) is 19.6. The van der Waals surface area contributed by atoms with E-state index in [2.05, 4.69) is 31.3 Å². The molecule has 2 heterocycles. The SMILES string of the molecule is CNc1c(Oc2ccc(NC(=O)Nc3cc(C)nn3-c3ccc(Cl)cc3)cc2)ccnc1NC=O. The van der Waals surface area contributed by atoms with Gasteiger partial charge in [0.2, 0.25) is 6.41 Å². The van der Waals surface area contributed by atoms with Crippen LogP contribution in [0.15, 0.2) is 66.9 Å². The molecule has 0 unspecified atom stereocenters. The van der Waals surface area contributed by atoms with Crippen LogP contribution in [0.25, 0.3) is 5.69 Å². The quantitative estimate of drug-likeness (QED) is 0.249. The summed E-state index contributed by atoms with van der Waals surface area (Å²) >= 11 is 5.97. The van der Waals surface area contributed by atoms with Crippen molar-refractivity contribution in [3.8, 4) is 17.2 Å². The maximum atomic E-state index is 12.6. The first-order valence-electron chi connectivity index (χ1n) is 10.5. The molecule has 0 fully saturated rings. The van der Waals surface area contributed by atoms with E-state index in [-0.39, 0.29) is 0 Å². The number of aromatic nitrogens is 3. The van der Waals surface area contributed by atoms with E-state index in [4.69, 9.17) is 16.3 Å². The van der Waals surface area contributed by atoms with Crippen molar-refractivity contribution in [3.63, 3.8) is 0 Å². The van der Waals surface area contributed by atoms with E-state index in [0.717, 1.165) is 11.4 Å². The predicted octanol–water partition coefficient (Wildman–Crippen LogP) is 5.28. The van der Waals surface area contributed by atoms with Gasteiger partial charge in [-0.3, -0.25) is 10.1 Å². The normalized spacial score (nSPS) is 10.4. The molecule has 0 atom stereocenters. The molecule has 0 aliphatic heterocycles. The first-order valence-corrected chi connectivity index (χ1v) is 10.9. The highest BCUT2D eigenvalue weighted by molar-refractivity contribution is 6.30. The van der Waals surface area contributed by atoms with Crippen LogP contribution < -0.4 is 26.0 Å². The van der Waals surface area contributed by atoms with Gasteiger partial charge in [-0.05, 0) is 55.5 Å². The minimum atomic E-state index is -0.426. The topological polar surface area (TPSA) is 122 Å². The number of pyridine rings is 1. The summed E-state index contributed by atoms with van der Waals surface area (Å²) in [4.78, 5) is 27.5. The average molecular weight is 492 g/mol. The highest BCUT2D eigenvalue weighted by Gasteiger charge is 2.13. The van der Waals surface area contributed by atoms with Crippen LogP contribution in [0.2, 0.25) is 5.02 Å². The summed E-state index contributed by atoms with van der Waals surface area (Å²) in [5.74, 6) is 1.88. The molecule has 11 heteroatoms. The van der Waals surface area contributed by atoms with Crippen LogP contribution in [-0.4, -0.2) is 34.3 Å². The Balaban J connectivity index is 1.43. The highest BCUT2D eigenvalue weighted by atomic mass is 35.5. The van der Waals surface area contributed by atoms with Gasteiger partial charge in [0.1, 0.15) is 17.3 Å². The Bertz CT molecular complexity index is 1340.